The van der Waals surface area contributed by atoms with E-state index in [0.717, 1.165) is 28.5 Å². The first-order chi connectivity index (χ1) is 15.7. The van der Waals surface area contributed by atoms with Gasteiger partial charge in [0.1, 0.15) is 23.3 Å². The lowest BCUT2D eigenvalue weighted by molar-refractivity contribution is 0.415. The van der Waals surface area contributed by atoms with Gasteiger partial charge in [0.05, 0.1) is 23.9 Å². The van der Waals surface area contributed by atoms with Crippen LogP contribution in [0.25, 0.3) is 11.3 Å². The fraction of sp³-hybridized carbons (Fsp3) is 0.120. The predicted molar refractivity (Wildman–Crippen MR) is 130 cm³/mol. The topological polar surface area (TPSA) is 50.5 Å². The second-order valence-corrected chi connectivity index (χ2v) is 8.18. The lowest BCUT2D eigenvalue weighted by Gasteiger charge is -2.26. The molecule has 5 rings (SSSR count). The van der Waals surface area contributed by atoms with Crippen LogP contribution in [0.5, 0.6) is 5.75 Å². The second kappa shape index (κ2) is 8.65. The fourth-order valence-corrected chi connectivity index (χ4v) is 4.59. The zero-order valence-corrected chi connectivity index (χ0v) is 18.8. The lowest BCUT2D eigenvalue weighted by atomic mass is 10.0. The van der Waals surface area contributed by atoms with Crippen LogP contribution >= 0.6 is 23.8 Å². The number of nitrogens with one attached hydrogen (secondary N) is 1. The van der Waals surface area contributed by atoms with Crippen LogP contribution in [0.2, 0.25) is 5.02 Å². The molecular formula is C25H20ClN3O2S. The third-order valence-corrected chi connectivity index (χ3v) is 6.10. The number of halogens is 1. The highest BCUT2D eigenvalue weighted by atomic mass is 35.5. The Morgan fingerprint density at radius 3 is 2.56 bits per heavy atom. The van der Waals surface area contributed by atoms with Crippen molar-refractivity contribution in [3.8, 4) is 17.1 Å². The third-order valence-electron chi connectivity index (χ3n) is 5.49. The molecule has 0 aliphatic carbocycles. The average molecular weight is 462 g/mol. The maximum atomic E-state index is 6.44. The van der Waals surface area contributed by atoms with Gasteiger partial charge in [-0.25, -0.2) is 0 Å². The molecule has 1 N–H and O–H groups in total. The van der Waals surface area contributed by atoms with Gasteiger partial charge in [0.2, 0.25) is 0 Å². The largest absolute Gasteiger partial charge is 0.495 e. The minimum absolute atomic E-state index is 0.195. The van der Waals surface area contributed by atoms with Crippen molar-refractivity contribution in [2.45, 2.75) is 12.1 Å². The van der Waals surface area contributed by atoms with Crippen molar-refractivity contribution in [1.82, 2.24) is 10.3 Å². The molecule has 3 heterocycles. The summed E-state index contributed by atoms with van der Waals surface area (Å²) >= 11 is 12.2. The number of nitrogens with zero attached hydrogens (tertiary/aromatic N) is 2. The van der Waals surface area contributed by atoms with E-state index < -0.39 is 0 Å². The fourth-order valence-electron chi connectivity index (χ4n) is 4.00. The number of anilines is 1. The number of pyridine rings is 1. The van der Waals surface area contributed by atoms with Gasteiger partial charge in [0.15, 0.2) is 5.11 Å². The number of hydrogen-bond donors (Lipinski definition) is 1. The second-order valence-electron chi connectivity index (χ2n) is 7.38. The van der Waals surface area contributed by atoms with E-state index in [4.69, 9.17) is 33.0 Å². The predicted octanol–water partition coefficient (Wildman–Crippen LogP) is 6.18. The molecule has 0 bridgehead atoms. The Morgan fingerprint density at radius 1 is 1.03 bits per heavy atom. The minimum atomic E-state index is -0.251. The molecule has 4 aromatic rings. The number of rotatable bonds is 5. The number of ether oxygens (including phenoxy) is 1. The molecule has 1 aliphatic heterocycles. The van der Waals surface area contributed by atoms with Crippen molar-refractivity contribution >= 4 is 34.6 Å². The van der Waals surface area contributed by atoms with Gasteiger partial charge in [-0.15, -0.1) is 0 Å². The van der Waals surface area contributed by atoms with Crippen LogP contribution in [0.15, 0.2) is 89.5 Å². The van der Waals surface area contributed by atoms with Gasteiger partial charge in [-0.3, -0.25) is 4.98 Å². The molecule has 1 fully saturated rings. The van der Waals surface area contributed by atoms with Gasteiger partial charge in [0.25, 0.3) is 0 Å². The number of benzene rings is 2. The minimum Gasteiger partial charge on any atom is -0.495 e. The summed E-state index contributed by atoms with van der Waals surface area (Å²) in [5.74, 6) is 2.18. The van der Waals surface area contributed by atoms with E-state index in [1.165, 1.54) is 0 Å². The number of hydrogen-bond acceptors (Lipinski definition) is 4. The highest BCUT2D eigenvalue weighted by Gasteiger charge is 2.42. The first kappa shape index (κ1) is 20.5. The molecule has 7 heteroatoms. The molecule has 32 heavy (non-hydrogen) atoms. The van der Waals surface area contributed by atoms with E-state index in [1.54, 1.807) is 13.3 Å². The molecule has 1 saturated heterocycles. The number of thiocarbonyl (C=S) groups is 1. The van der Waals surface area contributed by atoms with Crippen molar-refractivity contribution in [1.29, 1.82) is 0 Å². The molecule has 160 valence electrons. The molecule has 2 atom stereocenters. The Kier molecular flexibility index (Phi) is 5.55. The van der Waals surface area contributed by atoms with Crippen molar-refractivity contribution in [2.75, 3.05) is 12.0 Å². The summed E-state index contributed by atoms with van der Waals surface area (Å²) in [5.41, 5.74) is 2.73. The van der Waals surface area contributed by atoms with Gasteiger partial charge in [-0.05, 0) is 54.7 Å². The van der Waals surface area contributed by atoms with Gasteiger partial charge < -0.3 is 19.4 Å². The molecule has 2 aromatic carbocycles. The normalized spacial score (nSPS) is 17.9. The SMILES string of the molecule is COc1ccc(N2C(=S)N[C@H](c3ccccn3)[C@H]2c2ccc(-c3ccccc3)o2)cc1Cl. The lowest BCUT2D eigenvalue weighted by Crippen LogP contribution is -2.29. The smallest absolute Gasteiger partial charge is 0.174 e. The summed E-state index contributed by atoms with van der Waals surface area (Å²) in [4.78, 5) is 6.59. The molecule has 2 aromatic heterocycles. The van der Waals surface area contributed by atoms with E-state index >= 15 is 0 Å². The van der Waals surface area contributed by atoms with Gasteiger partial charge in [0, 0.05) is 17.4 Å². The summed E-state index contributed by atoms with van der Waals surface area (Å²) in [5, 5.41) is 4.51. The zero-order chi connectivity index (χ0) is 22.1. The van der Waals surface area contributed by atoms with Crippen LogP contribution < -0.4 is 15.0 Å². The Bertz CT molecular complexity index is 1250. The number of aromatic nitrogens is 1. The van der Waals surface area contributed by atoms with Gasteiger partial charge in [-0.2, -0.15) is 0 Å². The molecule has 0 spiro atoms. The quantitative estimate of drug-likeness (QED) is 0.358. The summed E-state index contributed by atoms with van der Waals surface area (Å²) in [7, 11) is 1.59. The van der Waals surface area contributed by atoms with E-state index in [2.05, 4.69) is 10.3 Å². The van der Waals surface area contributed by atoms with E-state index in [1.807, 2.05) is 83.8 Å². The Hall–Kier alpha value is -3.35. The first-order valence-corrected chi connectivity index (χ1v) is 10.9. The first-order valence-electron chi connectivity index (χ1n) is 10.1. The standard InChI is InChI=1S/C25H20ClN3O2S/c1-30-21-11-10-17(15-18(21)26)29-24(23(28-25(29)32)19-9-5-6-14-27-19)22-13-12-20(31-22)16-7-3-2-4-8-16/h2-15,23-24H,1H3,(H,28,32)/t23-,24-/m1/s1. The molecule has 5 nitrogen and oxygen atoms in total. The van der Waals surface area contributed by atoms with E-state index in [9.17, 15) is 0 Å². The molecule has 0 amide bonds. The Balaban J connectivity index is 1.60. The highest BCUT2D eigenvalue weighted by Crippen LogP contribution is 2.44. The molecule has 0 radical (unpaired) electrons. The maximum Gasteiger partial charge on any atom is 0.174 e. The highest BCUT2D eigenvalue weighted by molar-refractivity contribution is 7.80. The average Bonchev–Trinajstić information content (AvgIpc) is 3.45. The Morgan fingerprint density at radius 2 is 1.84 bits per heavy atom. The molecule has 0 unspecified atom stereocenters. The van der Waals surface area contributed by atoms with Gasteiger partial charge >= 0.3 is 0 Å². The molecule has 1 aliphatic rings. The van der Waals surface area contributed by atoms with Crippen LogP contribution in [-0.2, 0) is 0 Å². The third kappa shape index (κ3) is 3.72. The van der Waals surface area contributed by atoms with Crippen LogP contribution in [0.4, 0.5) is 5.69 Å². The molecule has 0 saturated carbocycles. The van der Waals surface area contributed by atoms with Crippen molar-refractivity contribution in [2.24, 2.45) is 0 Å². The number of furan rings is 1. The van der Waals surface area contributed by atoms with E-state index in [0.29, 0.717) is 15.9 Å². The van der Waals surface area contributed by atoms with Gasteiger partial charge in [-0.1, -0.05) is 48.0 Å². The van der Waals surface area contributed by atoms with Crippen LogP contribution in [0.1, 0.15) is 23.5 Å². The Labute approximate surface area is 196 Å². The summed E-state index contributed by atoms with van der Waals surface area (Å²) in [6.07, 6.45) is 1.78. The van der Waals surface area contributed by atoms with Crippen molar-refractivity contribution < 1.29 is 9.15 Å². The zero-order valence-electron chi connectivity index (χ0n) is 17.2. The summed E-state index contributed by atoms with van der Waals surface area (Å²) < 4.78 is 11.7. The maximum absolute atomic E-state index is 6.44. The number of methoxy groups -OCH3 is 1. The van der Waals surface area contributed by atoms with E-state index in [-0.39, 0.29) is 12.1 Å². The summed E-state index contributed by atoms with van der Waals surface area (Å²) in [6.45, 7) is 0. The van der Waals surface area contributed by atoms with Crippen LogP contribution in [0, 0.1) is 0 Å². The van der Waals surface area contributed by atoms with Crippen molar-refractivity contribution in [3.05, 3.63) is 102 Å². The summed E-state index contributed by atoms with van der Waals surface area (Å²) in [6, 6.07) is 25.0. The van der Waals surface area contributed by atoms with Crippen molar-refractivity contribution in [3.63, 3.8) is 0 Å². The monoisotopic (exact) mass is 461 g/mol. The van der Waals surface area contributed by atoms with Crippen LogP contribution in [0.3, 0.4) is 0 Å². The molecular weight excluding hydrogens is 442 g/mol. The van der Waals surface area contributed by atoms with Crippen LogP contribution in [-0.4, -0.2) is 17.2 Å².